The molecular weight excluding hydrogens is 459 g/mol. The molecule has 2 rings (SSSR count). The molecule has 0 spiro atoms. The van der Waals surface area contributed by atoms with E-state index < -0.39 is 9.85 Å². The van der Waals surface area contributed by atoms with E-state index in [1.807, 2.05) is 6.92 Å². The standard InChI is InChI=1S/C10H12ClN3O2.C8H8ClN3O2.2CH4/c1-2-12-9(7-14(15)16)5-8-3-4-10(11)13-6-8;9-8-2-1-6(4-11-8)3-7(10)5-12(13)14;;/h3-4,6-7,12H,2,5H2,1H3;1-2,4-5H,3,10H2;2*1H4/b9-7-;7-5-;;. The maximum absolute atomic E-state index is 10.4. The van der Waals surface area contributed by atoms with Crippen molar-refractivity contribution in [2.24, 2.45) is 5.73 Å². The van der Waals surface area contributed by atoms with Crippen molar-refractivity contribution in [3.63, 3.8) is 0 Å². The van der Waals surface area contributed by atoms with E-state index in [1.165, 1.54) is 6.20 Å². The number of pyridine rings is 2. The summed E-state index contributed by atoms with van der Waals surface area (Å²) < 4.78 is 0. The maximum Gasteiger partial charge on any atom is 0.253 e. The Morgan fingerprint density at radius 1 is 0.969 bits per heavy atom. The Morgan fingerprint density at radius 2 is 1.44 bits per heavy atom. The van der Waals surface area contributed by atoms with E-state index in [0.29, 0.717) is 35.4 Å². The first-order chi connectivity index (χ1) is 14.2. The third-order valence-corrected chi connectivity index (χ3v) is 3.76. The van der Waals surface area contributed by atoms with E-state index in [0.717, 1.165) is 23.5 Å². The first-order valence-electron chi connectivity index (χ1n) is 8.58. The second kappa shape index (κ2) is 16.5. The Labute approximate surface area is 197 Å². The van der Waals surface area contributed by atoms with Crippen LogP contribution in [0.5, 0.6) is 0 Å². The largest absolute Gasteiger partial charge is 0.397 e. The van der Waals surface area contributed by atoms with Crippen LogP contribution in [0.3, 0.4) is 0 Å². The number of rotatable bonds is 8. The molecule has 0 radical (unpaired) electrons. The number of nitrogens with one attached hydrogen (secondary N) is 1. The maximum atomic E-state index is 10.4. The molecule has 0 saturated carbocycles. The summed E-state index contributed by atoms with van der Waals surface area (Å²) in [6.45, 7) is 2.52. The van der Waals surface area contributed by atoms with Crippen LogP contribution in [0.4, 0.5) is 0 Å². The van der Waals surface area contributed by atoms with Gasteiger partial charge in [-0.3, -0.25) is 20.2 Å². The summed E-state index contributed by atoms with van der Waals surface area (Å²) in [4.78, 5) is 27.1. The Bertz CT molecular complexity index is 903. The Balaban J connectivity index is 0. The summed E-state index contributed by atoms with van der Waals surface area (Å²) in [7, 11) is 0. The molecule has 0 atom stereocenters. The first-order valence-corrected chi connectivity index (χ1v) is 9.33. The lowest BCUT2D eigenvalue weighted by Gasteiger charge is -2.05. The molecule has 0 aliphatic rings. The van der Waals surface area contributed by atoms with Gasteiger partial charge in [-0.05, 0) is 30.2 Å². The van der Waals surface area contributed by atoms with Gasteiger partial charge >= 0.3 is 0 Å². The van der Waals surface area contributed by atoms with Crippen molar-refractivity contribution in [2.75, 3.05) is 6.54 Å². The number of allylic oxidation sites excluding steroid dienone is 2. The minimum Gasteiger partial charge on any atom is -0.397 e. The van der Waals surface area contributed by atoms with Gasteiger partial charge in [-0.2, -0.15) is 0 Å². The summed E-state index contributed by atoms with van der Waals surface area (Å²) in [5.74, 6) is 0. The minimum absolute atomic E-state index is 0. The van der Waals surface area contributed by atoms with Gasteiger partial charge in [0, 0.05) is 31.8 Å². The van der Waals surface area contributed by atoms with Gasteiger partial charge in [0.15, 0.2) is 0 Å². The van der Waals surface area contributed by atoms with Gasteiger partial charge in [0.2, 0.25) is 0 Å². The molecule has 32 heavy (non-hydrogen) atoms. The van der Waals surface area contributed by atoms with Crippen LogP contribution in [0.25, 0.3) is 0 Å². The number of likely N-dealkylation sites (N-methyl/N-ethyl adjacent to an activating group) is 1. The lowest BCUT2D eigenvalue weighted by molar-refractivity contribution is -0.403. The average molecular weight is 487 g/mol. The number of nitro groups is 2. The second-order valence-corrected chi connectivity index (χ2v) is 6.57. The van der Waals surface area contributed by atoms with Gasteiger partial charge in [-0.25, -0.2) is 9.97 Å². The molecule has 0 fully saturated rings. The van der Waals surface area contributed by atoms with Gasteiger partial charge in [0.1, 0.15) is 10.3 Å². The van der Waals surface area contributed by atoms with Crippen LogP contribution in [0.1, 0.15) is 32.9 Å². The van der Waals surface area contributed by atoms with Crippen molar-refractivity contribution in [3.05, 3.63) is 102 Å². The van der Waals surface area contributed by atoms with Crippen LogP contribution in [-0.4, -0.2) is 26.4 Å². The summed E-state index contributed by atoms with van der Waals surface area (Å²) in [6.07, 6.45) is 5.62. The van der Waals surface area contributed by atoms with Crippen LogP contribution >= 0.6 is 23.2 Å². The molecule has 0 bridgehead atoms. The summed E-state index contributed by atoms with van der Waals surface area (Å²) in [5, 5.41) is 24.2. The van der Waals surface area contributed by atoms with E-state index >= 15 is 0 Å². The van der Waals surface area contributed by atoms with Gasteiger partial charge in [0.05, 0.1) is 21.2 Å². The lowest BCUT2D eigenvalue weighted by Crippen LogP contribution is -2.15. The van der Waals surface area contributed by atoms with Crippen molar-refractivity contribution < 1.29 is 9.85 Å². The van der Waals surface area contributed by atoms with Crippen molar-refractivity contribution in [1.82, 2.24) is 15.3 Å². The third-order valence-electron chi connectivity index (χ3n) is 3.32. The van der Waals surface area contributed by atoms with Crippen molar-refractivity contribution >= 4 is 23.2 Å². The van der Waals surface area contributed by atoms with Crippen LogP contribution in [0.15, 0.2) is 60.5 Å². The molecule has 0 aromatic carbocycles. The van der Waals surface area contributed by atoms with E-state index in [9.17, 15) is 20.2 Å². The molecule has 0 amide bonds. The number of nitrogens with zero attached hydrogens (tertiary/aromatic N) is 4. The molecule has 2 heterocycles. The van der Waals surface area contributed by atoms with Crippen LogP contribution in [0.2, 0.25) is 10.3 Å². The topological polar surface area (TPSA) is 150 Å². The van der Waals surface area contributed by atoms with Crippen molar-refractivity contribution in [2.45, 2.75) is 34.6 Å². The highest BCUT2D eigenvalue weighted by Gasteiger charge is 2.04. The fourth-order valence-corrected chi connectivity index (χ4v) is 2.39. The molecule has 0 aliphatic carbocycles. The average Bonchev–Trinajstić information content (AvgIpc) is 2.65. The molecular formula is C20H28Cl2N6O4. The highest BCUT2D eigenvalue weighted by molar-refractivity contribution is 6.29. The molecule has 12 heteroatoms. The van der Waals surface area contributed by atoms with E-state index in [2.05, 4.69) is 15.3 Å². The van der Waals surface area contributed by atoms with Gasteiger partial charge in [-0.15, -0.1) is 0 Å². The lowest BCUT2D eigenvalue weighted by atomic mass is 10.2. The second-order valence-electron chi connectivity index (χ2n) is 5.79. The fourth-order valence-electron chi connectivity index (χ4n) is 2.17. The zero-order valence-electron chi connectivity index (χ0n) is 16.0. The highest BCUT2D eigenvalue weighted by atomic mass is 35.5. The van der Waals surface area contributed by atoms with Crippen molar-refractivity contribution in [3.8, 4) is 0 Å². The zero-order valence-corrected chi connectivity index (χ0v) is 17.5. The number of aromatic nitrogens is 2. The zero-order chi connectivity index (χ0) is 22.5. The Kier molecular flexibility index (Phi) is 15.9. The van der Waals surface area contributed by atoms with Gasteiger partial charge in [0.25, 0.3) is 12.4 Å². The summed E-state index contributed by atoms with van der Waals surface area (Å²) >= 11 is 11.2. The third kappa shape index (κ3) is 13.9. The molecule has 2 aromatic heterocycles. The van der Waals surface area contributed by atoms with Gasteiger partial charge in [-0.1, -0.05) is 50.2 Å². The predicted octanol–water partition coefficient (Wildman–Crippen LogP) is 4.63. The molecule has 176 valence electrons. The monoisotopic (exact) mass is 486 g/mol. The van der Waals surface area contributed by atoms with E-state index in [-0.39, 0.29) is 20.6 Å². The van der Waals surface area contributed by atoms with Gasteiger partial charge < -0.3 is 11.1 Å². The number of hydrogen-bond donors (Lipinski definition) is 2. The van der Waals surface area contributed by atoms with Crippen molar-refractivity contribution in [1.29, 1.82) is 0 Å². The Hall–Kier alpha value is -3.24. The molecule has 0 aliphatic heterocycles. The van der Waals surface area contributed by atoms with Crippen LogP contribution in [0, 0.1) is 20.2 Å². The van der Waals surface area contributed by atoms with E-state index in [4.69, 9.17) is 28.9 Å². The molecule has 10 nitrogen and oxygen atoms in total. The Morgan fingerprint density at radius 3 is 1.81 bits per heavy atom. The minimum atomic E-state index is -0.585. The first kappa shape index (κ1) is 30.9. The number of hydrogen-bond acceptors (Lipinski definition) is 8. The fraction of sp³-hybridized carbons (Fsp3) is 0.300. The highest BCUT2D eigenvalue weighted by Crippen LogP contribution is 2.09. The SMILES string of the molecule is C.C.CCN/C(=C\[N+](=O)[O-])Cc1ccc(Cl)nc1.N/C(=C\[N+](=O)[O-])Cc1ccc(Cl)nc1. The molecule has 2 aromatic rings. The predicted molar refractivity (Wildman–Crippen MR) is 127 cm³/mol. The summed E-state index contributed by atoms with van der Waals surface area (Å²) in [5.41, 5.74) is 7.79. The number of nitrogens with two attached hydrogens (primary N) is 1. The van der Waals surface area contributed by atoms with Crippen LogP contribution in [-0.2, 0) is 12.8 Å². The quantitative estimate of drug-likeness (QED) is 0.311. The normalized spacial score (nSPS) is 10.6. The number of halogens is 2. The smallest absolute Gasteiger partial charge is 0.253 e. The summed E-state index contributed by atoms with van der Waals surface area (Å²) in [6, 6.07) is 6.78. The molecule has 0 unspecified atom stereocenters. The molecule has 0 saturated heterocycles. The van der Waals surface area contributed by atoms with Crippen LogP contribution < -0.4 is 11.1 Å². The molecule has 3 N–H and O–H groups in total. The van der Waals surface area contributed by atoms with E-state index in [1.54, 1.807) is 30.5 Å².